The number of aromatic nitrogens is 3. The maximum Gasteiger partial charge on any atom is 0.247 e. The molecule has 3 rings (SSSR count). The van der Waals surface area contributed by atoms with Crippen molar-refractivity contribution in [1.82, 2.24) is 15.2 Å². The number of anilines is 3. The van der Waals surface area contributed by atoms with Crippen molar-refractivity contribution in [2.24, 2.45) is 0 Å². The van der Waals surface area contributed by atoms with Gasteiger partial charge in [0.05, 0.1) is 19.0 Å². The number of ether oxygens (including phenoxy) is 1. The highest BCUT2D eigenvalue weighted by Crippen LogP contribution is 2.28. The van der Waals surface area contributed by atoms with Gasteiger partial charge in [-0.25, -0.2) is 0 Å². The van der Waals surface area contributed by atoms with Crippen LogP contribution in [0.2, 0.25) is 0 Å². The van der Waals surface area contributed by atoms with E-state index < -0.39 is 0 Å². The molecule has 1 fully saturated rings. The first-order valence-corrected chi connectivity index (χ1v) is 9.26. The number of nitrogens with zero attached hydrogens (tertiary/aromatic N) is 6. The summed E-state index contributed by atoms with van der Waals surface area (Å²) in [6.45, 7) is 6.71. The summed E-state index contributed by atoms with van der Waals surface area (Å²) in [4.78, 5) is 11.4. The lowest BCUT2D eigenvalue weighted by molar-refractivity contribution is 0.413. The molecule has 1 saturated heterocycles. The van der Waals surface area contributed by atoms with E-state index in [1.54, 1.807) is 13.3 Å². The van der Waals surface area contributed by atoms with E-state index in [-0.39, 0.29) is 0 Å². The minimum atomic E-state index is 0.713. The Labute approximate surface area is 155 Å². The Morgan fingerprint density at radius 1 is 1.12 bits per heavy atom. The molecule has 1 aromatic carbocycles. The quantitative estimate of drug-likeness (QED) is 0.755. The van der Waals surface area contributed by atoms with Gasteiger partial charge in [-0.2, -0.15) is 10.1 Å². The molecule has 0 saturated carbocycles. The van der Waals surface area contributed by atoms with Crippen molar-refractivity contribution in [1.29, 1.82) is 0 Å². The zero-order chi connectivity index (χ0) is 18.4. The molecule has 0 amide bonds. The summed E-state index contributed by atoms with van der Waals surface area (Å²) < 4.78 is 5.49. The van der Waals surface area contributed by atoms with Crippen molar-refractivity contribution in [3.63, 3.8) is 0 Å². The van der Waals surface area contributed by atoms with Gasteiger partial charge in [0, 0.05) is 39.8 Å². The zero-order valence-electron chi connectivity index (χ0n) is 15.9. The highest BCUT2D eigenvalue weighted by atomic mass is 16.5. The van der Waals surface area contributed by atoms with Crippen LogP contribution in [0, 0.1) is 0 Å². The van der Waals surface area contributed by atoms with E-state index in [2.05, 4.69) is 44.9 Å². The molecule has 0 atom stereocenters. The molecule has 2 aromatic rings. The van der Waals surface area contributed by atoms with Crippen molar-refractivity contribution >= 4 is 17.5 Å². The predicted molar refractivity (Wildman–Crippen MR) is 105 cm³/mol. The van der Waals surface area contributed by atoms with E-state index >= 15 is 0 Å². The fraction of sp³-hybridized carbons (Fsp3) is 0.526. The summed E-state index contributed by atoms with van der Waals surface area (Å²) in [5.41, 5.74) is 1.14. The minimum absolute atomic E-state index is 0.713. The standard InChI is InChI=1S/C19H28N6O/c1-4-5-10-23(2)18-15-20-22-19(21-18)25-13-11-24(12-14-25)16-8-6-7-9-17(16)26-3/h6-9,15H,4-5,10-14H2,1-3H3. The lowest BCUT2D eigenvalue weighted by Gasteiger charge is -2.36. The smallest absolute Gasteiger partial charge is 0.247 e. The lowest BCUT2D eigenvalue weighted by atomic mass is 10.2. The second kappa shape index (κ2) is 8.69. The third kappa shape index (κ3) is 4.15. The molecule has 2 heterocycles. The molecule has 26 heavy (non-hydrogen) atoms. The molecular weight excluding hydrogens is 328 g/mol. The fourth-order valence-electron chi connectivity index (χ4n) is 3.15. The molecule has 1 aliphatic heterocycles. The molecule has 1 aromatic heterocycles. The van der Waals surface area contributed by atoms with Crippen LogP contribution < -0.4 is 19.4 Å². The predicted octanol–water partition coefficient (Wildman–Crippen LogP) is 2.44. The van der Waals surface area contributed by atoms with E-state index in [1.165, 1.54) is 6.42 Å². The van der Waals surface area contributed by atoms with Gasteiger partial charge in [0.25, 0.3) is 0 Å². The van der Waals surface area contributed by atoms with Gasteiger partial charge >= 0.3 is 0 Å². The van der Waals surface area contributed by atoms with Gasteiger partial charge < -0.3 is 19.4 Å². The third-order valence-electron chi connectivity index (χ3n) is 4.76. The summed E-state index contributed by atoms with van der Waals surface area (Å²) >= 11 is 0. The Kier molecular flexibility index (Phi) is 6.09. The van der Waals surface area contributed by atoms with Crippen LogP contribution in [0.25, 0.3) is 0 Å². The van der Waals surface area contributed by atoms with Gasteiger partial charge in [-0.15, -0.1) is 5.10 Å². The number of unbranched alkanes of at least 4 members (excludes halogenated alkanes) is 1. The summed E-state index contributed by atoms with van der Waals surface area (Å²) in [6.07, 6.45) is 4.05. The highest BCUT2D eigenvalue weighted by Gasteiger charge is 2.22. The van der Waals surface area contributed by atoms with Gasteiger partial charge in [-0.3, -0.25) is 0 Å². The van der Waals surface area contributed by atoms with Crippen molar-refractivity contribution in [2.45, 2.75) is 19.8 Å². The zero-order valence-corrected chi connectivity index (χ0v) is 15.9. The summed E-state index contributed by atoms with van der Waals surface area (Å²) in [5, 5.41) is 8.42. The van der Waals surface area contributed by atoms with Gasteiger partial charge in [0.2, 0.25) is 5.95 Å². The van der Waals surface area contributed by atoms with Crippen LogP contribution in [0.4, 0.5) is 17.5 Å². The maximum atomic E-state index is 5.49. The van der Waals surface area contributed by atoms with Crippen LogP contribution in [-0.4, -0.2) is 62.1 Å². The number of hydrogen-bond donors (Lipinski definition) is 0. The van der Waals surface area contributed by atoms with Gasteiger partial charge in [0.15, 0.2) is 5.82 Å². The molecule has 7 nitrogen and oxygen atoms in total. The summed E-state index contributed by atoms with van der Waals surface area (Å²) in [6, 6.07) is 8.16. The maximum absolute atomic E-state index is 5.49. The molecule has 140 valence electrons. The van der Waals surface area contributed by atoms with E-state index in [0.29, 0.717) is 5.95 Å². The summed E-state index contributed by atoms with van der Waals surface area (Å²) in [7, 11) is 3.78. The molecule has 0 unspecified atom stereocenters. The Morgan fingerprint density at radius 2 is 1.85 bits per heavy atom. The van der Waals surface area contributed by atoms with E-state index in [4.69, 9.17) is 9.72 Å². The number of para-hydroxylation sites is 2. The monoisotopic (exact) mass is 356 g/mol. The van der Waals surface area contributed by atoms with Gasteiger partial charge in [0.1, 0.15) is 5.75 Å². The summed E-state index contributed by atoms with van der Waals surface area (Å²) in [5.74, 6) is 2.51. The molecule has 0 N–H and O–H groups in total. The van der Waals surface area contributed by atoms with Crippen molar-refractivity contribution < 1.29 is 4.74 Å². The van der Waals surface area contributed by atoms with Crippen LogP contribution in [0.3, 0.4) is 0 Å². The largest absolute Gasteiger partial charge is 0.495 e. The topological polar surface area (TPSA) is 57.6 Å². The number of benzene rings is 1. The van der Waals surface area contributed by atoms with Gasteiger partial charge in [-0.05, 0) is 18.6 Å². The molecule has 7 heteroatoms. The highest BCUT2D eigenvalue weighted by molar-refractivity contribution is 5.59. The van der Waals surface area contributed by atoms with Crippen molar-refractivity contribution in [3.05, 3.63) is 30.5 Å². The first-order valence-electron chi connectivity index (χ1n) is 9.26. The van der Waals surface area contributed by atoms with E-state index in [9.17, 15) is 0 Å². The van der Waals surface area contributed by atoms with Crippen molar-refractivity contribution in [3.8, 4) is 5.75 Å². The molecule has 0 spiro atoms. The van der Waals surface area contributed by atoms with E-state index in [0.717, 1.165) is 56.4 Å². The Balaban J connectivity index is 1.65. The van der Waals surface area contributed by atoms with Crippen LogP contribution >= 0.6 is 0 Å². The van der Waals surface area contributed by atoms with E-state index in [1.807, 2.05) is 18.2 Å². The minimum Gasteiger partial charge on any atom is -0.495 e. The first kappa shape index (κ1) is 18.2. The first-order chi connectivity index (χ1) is 12.7. The van der Waals surface area contributed by atoms with Gasteiger partial charge in [-0.1, -0.05) is 25.5 Å². The Morgan fingerprint density at radius 3 is 2.58 bits per heavy atom. The third-order valence-corrected chi connectivity index (χ3v) is 4.76. The number of methoxy groups -OCH3 is 1. The number of hydrogen-bond acceptors (Lipinski definition) is 7. The average Bonchev–Trinajstić information content (AvgIpc) is 2.72. The average molecular weight is 356 g/mol. The second-order valence-corrected chi connectivity index (χ2v) is 6.54. The molecule has 0 aliphatic carbocycles. The number of piperazine rings is 1. The van der Waals surface area contributed by atoms with Crippen LogP contribution in [0.5, 0.6) is 5.75 Å². The molecular formula is C19H28N6O. The van der Waals surface area contributed by atoms with Crippen molar-refractivity contribution in [2.75, 3.05) is 61.6 Å². The Hall–Kier alpha value is -2.57. The molecule has 0 bridgehead atoms. The molecule has 1 aliphatic rings. The van der Waals surface area contributed by atoms with Crippen LogP contribution in [0.1, 0.15) is 19.8 Å². The van der Waals surface area contributed by atoms with Crippen LogP contribution in [0.15, 0.2) is 30.5 Å². The normalized spacial score (nSPS) is 14.4. The molecule has 0 radical (unpaired) electrons. The number of rotatable bonds is 7. The Bertz CT molecular complexity index is 702. The lowest BCUT2D eigenvalue weighted by Crippen LogP contribution is -2.47. The second-order valence-electron chi connectivity index (χ2n) is 6.54. The van der Waals surface area contributed by atoms with Crippen LogP contribution in [-0.2, 0) is 0 Å². The SMILES string of the molecule is CCCCN(C)c1cnnc(N2CCN(c3ccccc3OC)CC2)n1. The fourth-order valence-corrected chi connectivity index (χ4v) is 3.15.